The molecule has 566 valence electrons. The summed E-state index contributed by atoms with van der Waals surface area (Å²) in [5, 5.41) is 10.6. The summed E-state index contributed by atoms with van der Waals surface area (Å²) in [4.78, 5) is 72.8. The normalized spacial score (nSPS) is 14.5. The van der Waals surface area contributed by atoms with E-state index in [-0.39, 0.29) is 25.7 Å². The van der Waals surface area contributed by atoms with Gasteiger partial charge < -0.3 is 33.8 Å². The number of allylic oxidation sites excluding steroid dienone is 16. The Morgan fingerprint density at radius 2 is 0.551 bits per heavy atom. The van der Waals surface area contributed by atoms with E-state index in [1.54, 1.807) is 0 Å². The van der Waals surface area contributed by atoms with E-state index in [9.17, 15) is 43.2 Å². The lowest BCUT2D eigenvalue weighted by Gasteiger charge is -2.21. The summed E-state index contributed by atoms with van der Waals surface area (Å²) < 4.78 is 68.4. The monoisotopic (exact) mass is 1420 g/mol. The van der Waals surface area contributed by atoms with Crippen LogP contribution >= 0.6 is 15.6 Å². The first kappa shape index (κ1) is 94.0. The molecule has 3 N–H and O–H groups in total. The number of aliphatic hydroxyl groups excluding tert-OH is 1. The van der Waals surface area contributed by atoms with Crippen LogP contribution in [0.4, 0.5) is 0 Å². The third-order valence-electron chi connectivity index (χ3n) is 16.0. The van der Waals surface area contributed by atoms with Crippen LogP contribution in [0.1, 0.15) is 323 Å². The van der Waals surface area contributed by atoms with Gasteiger partial charge in [0.2, 0.25) is 0 Å². The van der Waals surface area contributed by atoms with E-state index in [0.717, 1.165) is 180 Å². The third kappa shape index (κ3) is 70.4. The van der Waals surface area contributed by atoms with Crippen molar-refractivity contribution >= 4 is 39.5 Å². The molecule has 0 bridgehead atoms. The predicted octanol–water partition coefficient (Wildman–Crippen LogP) is 22.0. The van der Waals surface area contributed by atoms with Crippen LogP contribution in [0.5, 0.6) is 0 Å². The van der Waals surface area contributed by atoms with E-state index in [0.29, 0.717) is 25.7 Å². The highest BCUT2D eigenvalue weighted by atomic mass is 31.2. The van der Waals surface area contributed by atoms with Crippen LogP contribution in [0.25, 0.3) is 0 Å². The fraction of sp³-hybridized carbons (Fsp3) is 0.747. The Balaban J connectivity index is 5.36. The standard InChI is InChI=1S/C79H138O17P2/c1-5-9-13-17-21-25-29-33-35-36-38-42-44-48-52-56-60-64-77(82)90-70-75(96-79(84)66-62-58-54-50-46-40-32-28-24-20-16-12-8-4)72-94-98(87,88)92-68-73(80)67-91-97(85,86)93-71-74(95-78(83)65-61-57-53-49-45-39-31-27-23-19-15-11-7-3)69-89-76(81)63-59-55-51-47-43-41-37-34-30-26-22-18-14-10-6-2/h9,13,16,20-21,25,27-28,31-35,37-38,42,73-75,80H,5-8,10-12,14-15,17-19,22-24,26,29-30,36,39-41,43-72H2,1-4H3,(H,85,86)(H,87,88)/b13-9-,20-16-,25-21-,31-27-,32-28-,35-33-,37-34-,42-38-. The maximum absolute atomic E-state index is 13.1. The molecule has 0 aliphatic carbocycles. The number of hydrogen-bond acceptors (Lipinski definition) is 15. The molecule has 0 saturated heterocycles. The number of carbonyl (C=O) groups excluding carboxylic acids is 4. The molecule has 0 saturated carbocycles. The van der Waals surface area contributed by atoms with Crippen molar-refractivity contribution < 1.29 is 80.2 Å². The van der Waals surface area contributed by atoms with Gasteiger partial charge >= 0.3 is 39.5 Å². The molecular weight excluding hydrogens is 1280 g/mol. The Bertz CT molecular complexity index is 2240. The van der Waals surface area contributed by atoms with Gasteiger partial charge in [0, 0.05) is 25.7 Å². The number of unbranched alkanes of at least 4 members (excludes halogenated alkanes) is 30. The molecule has 0 aliphatic rings. The van der Waals surface area contributed by atoms with Crippen molar-refractivity contribution in [1.82, 2.24) is 0 Å². The molecule has 19 heteroatoms. The first-order valence-electron chi connectivity index (χ1n) is 38.5. The van der Waals surface area contributed by atoms with Gasteiger partial charge in [-0.05, 0) is 141 Å². The van der Waals surface area contributed by atoms with Crippen molar-refractivity contribution in [2.75, 3.05) is 39.6 Å². The Hall–Kier alpha value is -4.02. The minimum atomic E-state index is -4.98. The maximum Gasteiger partial charge on any atom is 0.472 e. The first-order valence-corrected chi connectivity index (χ1v) is 41.5. The number of phosphoric acid groups is 2. The molecule has 0 amide bonds. The van der Waals surface area contributed by atoms with Gasteiger partial charge in [-0.15, -0.1) is 0 Å². The minimum absolute atomic E-state index is 0.0723. The summed E-state index contributed by atoms with van der Waals surface area (Å²) in [5.41, 5.74) is 0. The average molecular weight is 1420 g/mol. The van der Waals surface area contributed by atoms with E-state index in [1.165, 1.54) is 64.2 Å². The van der Waals surface area contributed by atoms with Gasteiger partial charge in [-0.1, -0.05) is 253 Å². The van der Waals surface area contributed by atoms with Crippen LogP contribution in [0.15, 0.2) is 97.2 Å². The molecule has 98 heavy (non-hydrogen) atoms. The van der Waals surface area contributed by atoms with Crippen LogP contribution in [-0.4, -0.2) is 96.7 Å². The SMILES string of the molecule is CC/C=C\C/C=C\C/C=C\C/C=C\CCCCCCC(=O)OCC(COP(=O)(O)OCC(O)COP(=O)(O)OCC(COC(=O)CCCCCCC/C=C\CCCCCCCC)OC(=O)CCCCCCC/C=C\CCCCCC)OC(=O)CCCCCCC/C=C\C/C=C\CCC. The molecule has 0 aromatic rings. The number of ether oxygens (including phenoxy) is 4. The van der Waals surface area contributed by atoms with Crippen molar-refractivity contribution in [3.8, 4) is 0 Å². The minimum Gasteiger partial charge on any atom is -0.462 e. The number of esters is 4. The van der Waals surface area contributed by atoms with Crippen molar-refractivity contribution in [2.24, 2.45) is 0 Å². The van der Waals surface area contributed by atoms with Crippen LogP contribution in [0.2, 0.25) is 0 Å². The molecule has 0 aromatic carbocycles. The van der Waals surface area contributed by atoms with E-state index >= 15 is 0 Å². The van der Waals surface area contributed by atoms with Gasteiger partial charge in [0.15, 0.2) is 12.2 Å². The van der Waals surface area contributed by atoms with E-state index < -0.39 is 97.5 Å². The van der Waals surface area contributed by atoms with E-state index in [1.807, 2.05) is 0 Å². The fourth-order valence-corrected chi connectivity index (χ4v) is 11.7. The zero-order valence-corrected chi connectivity index (χ0v) is 63.5. The number of hydrogen-bond donors (Lipinski definition) is 3. The lowest BCUT2D eigenvalue weighted by atomic mass is 10.1. The summed E-state index contributed by atoms with van der Waals surface area (Å²) in [7, 11) is -9.96. The second kappa shape index (κ2) is 71.4. The quantitative estimate of drug-likeness (QED) is 0.0169. The molecule has 0 heterocycles. The highest BCUT2D eigenvalue weighted by Crippen LogP contribution is 2.45. The van der Waals surface area contributed by atoms with Crippen molar-refractivity contribution in [3.05, 3.63) is 97.2 Å². The lowest BCUT2D eigenvalue weighted by molar-refractivity contribution is -0.161. The van der Waals surface area contributed by atoms with Gasteiger partial charge in [-0.25, -0.2) is 9.13 Å². The van der Waals surface area contributed by atoms with Crippen molar-refractivity contribution in [1.29, 1.82) is 0 Å². The van der Waals surface area contributed by atoms with E-state index in [2.05, 4.69) is 125 Å². The summed E-state index contributed by atoms with van der Waals surface area (Å²) in [5.74, 6) is -2.22. The van der Waals surface area contributed by atoms with Crippen molar-refractivity contribution in [2.45, 2.75) is 341 Å². The lowest BCUT2D eigenvalue weighted by Crippen LogP contribution is -2.30. The molecule has 17 nitrogen and oxygen atoms in total. The van der Waals surface area contributed by atoms with Crippen molar-refractivity contribution in [3.63, 3.8) is 0 Å². The highest BCUT2D eigenvalue weighted by Gasteiger charge is 2.30. The number of carbonyl (C=O) groups is 4. The largest absolute Gasteiger partial charge is 0.472 e. The fourth-order valence-electron chi connectivity index (χ4n) is 10.1. The zero-order chi connectivity index (χ0) is 71.8. The third-order valence-corrected chi connectivity index (χ3v) is 17.9. The molecule has 0 radical (unpaired) electrons. The Morgan fingerprint density at radius 1 is 0.296 bits per heavy atom. The molecule has 0 fully saturated rings. The van der Waals surface area contributed by atoms with Crippen LogP contribution in [-0.2, 0) is 65.4 Å². The Labute approximate surface area is 595 Å². The van der Waals surface area contributed by atoms with Gasteiger partial charge in [-0.3, -0.25) is 37.3 Å². The maximum atomic E-state index is 13.1. The van der Waals surface area contributed by atoms with E-state index in [4.69, 9.17) is 37.0 Å². The Morgan fingerprint density at radius 3 is 0.878 bits per heavy atom. The Kier molecular flexibility index (Phi) is 68.4. The smallest absolute Gasteiger partial charge is 0.462 e. The highest BCUT2D eigenvalue weighted by molar-refractivity contribution is 7.47. The summed E-state index contributed by atoms with van der Waals surface area (Å²) in [6, 6.07) is 0. The van der Waals surface area contributed by atoms with Crippen LogP contribution in [0, 0.1) is 0 Å². The van der Waals surface area contributed by atoms with Crippen LogP contribution in [0.3, 0.4) is 0 Å². The number of rotatable bonds is 72. The predicted molar refractivity (Wildman–Crippen MR) is 399 cm³/mol. The molecular formula is C79H138O17P2. The average Bonchev–Trinajstić information content (AvgIpc) is 0.969. The molecule has 5 unspecified atom stereocenters. The van der Waals surface area contributed by atoms with Gasteiger partial charge in [-0.2, -0.15) is 0 Å². The topological polar surface area (TPSA) is 237 Å². The molecule has 0 rings (SSSR count). The van der Waals surface area contributed by atoms with Gasteiger partial charge in [0.25, 0.3) is 0 Å². The van der Waals surface area contributed by atoms with Gasteiger partial charge in [0.1, 0.15) is 19.3 Å². The summed E-state index contributed by atoms with van der Waals surface area (Å²) >= 11 is 0. The number of aliphatic hydroxyl groups is 1. The zero-order valence-electron chi connectivity index (χ0n) is 61.7. The molecule has 0 aromatic heterocycles. The molecule has 0 aliphatic heterocycles. The second-order valence-corrected chi connectivity index (χ2v) is 28.5. The first-order chi connectivity index (χ1) is 47.7. The molecule has 0 spiro atoms. The van der Waals surface area contributed by atoms with Crippen LogP contribution < -0.4 is 0 Å². The summed E-state index contributed by atoms with van der Waals surface area (Å²) in [6.45, 7) is 4.63. The number of phosphoric ester groups is 2. The van der Waals surface area contributed by atoms with Gasteiger partial charge in [0.05, 0.1) is 26.4 Å². The second-order valence-electron chi connectivity index (χ2n) is 25.6. The summed E-state index contributed by atoms with van der Waals surface area (Å²) in [6.07, 6.45) is 73.9. The molecule has 5 atom stereocenters.